The number of pyridine rings is 1. The first-order valence-corrected chi connectivity index (χ1v) is 9.83. The van der Waals surface area contributed by atoms with Gasteiger partial charge in [-0.05, 0) is 29.5 Å². The summed E-state index contributed by atoms with van der Waals surface area (Å²) in [6.45, 7) is 3.93. The van der Waals surface area contributed by atoms with Gasteiger partial charge in [0.15, 0.2) is 0 Å². The maximum absolute atomic E-state index is 12.6. The largest absolute Gasteiger partial charge is 0.311 e. The SMILES string of the molecule is O=c1ccc(-c2ccccc2)c2n1CC1CC2CN(Cc2ccccc2)C1. The summed E-state index contributed by atoms with van der Waals surface area (Å²) in [7, 11) is 0. The summed E-state index contributed by atoms with van der Waals surface area (Å²) in [6.07, 6.45) is 1.19. The Labute approximate surface area is 159 Å². The van der Waals surface area contributed by atoms with Gasteiger partial charge in [-0.2, -0.15) is 0 Å². The lowest BCUT2D eigenvalue weighted by molar-refractivity contribution is 0.115. The number of likely N-dealkylation sites (tertiary alicyclic amines) is 1. The number of nitrogens with zero attached hydrogens (tertiary/aromatic N) is 2. The van der Waals surface area contributed by atoms with E-state index in [1.165, 1.54) is 28.8 Å². The van der Waals surface area contributed by atoms with Gasteiger partial charge in [0.2, 0.25) is 0 Å². The van der Waals surface area contributed by atoms with Crippen LogP contribution in [-0.4, -0.2) is 22.6 Å². The Morgan fingerprint density at radius 2 is 1.56 bits per heavy atom. The Bertz CT molecular complexity index is 994. The highest BCUT2D eigenvalue weighted by Crippen LogP contribution is 2.40. The van der Waals surface area contributed by atoms with Crippen LogP contribution in [0, 0.1) is 5.92 Å². The van der Waals surface area contributed by atoms with Crippen molar-refractivity contribution in [2.45, 2.75) is 25.4 Å². The molecule has 0 aliphatic carbocycles. The molecule has 2 unspecified atom stereocenters. The summed E-state index contributed by atoms with van der Waals surface area (Å²) in [4.78, 5) is 15.2. The molecule has 3 aromatic rings. The molecule has 2 aromatic carbocycles. The Kier molecular flexibility index (Phi) is 4.17. The van der Waals surface area contributed by atoms with Crippen LogP contribution in [0.1, 0.15) is 23.6 Å². The molecule has 2 aliphatic heterocycles. The van der Waals surface area contributed by atoms with Crippen molar-refractivity contribution in [3.05, 3.63) is 94.4 Å². The lowest BCUT2D eigenvalue weighted by atomic mass is 9.80. The molecule has 5 rings (SSSR count). The highest BCUT2D eigenvalue weighted by Gasteiger charge is 2.36. The predicted octanol–water partition coefficient (Wildman–Crippen LogP) is 4.13. The van der Waals surface area contributed by atoms with Crippen molar-refractivity contribution in [3.63, 3.8) is 0 Å². The van der Waals surface area contributed by atoms with E-state index in [1.807, 2.05) is 12.1 Å². The van der Waals surface area contributed by atoms with E-state index in [-0.39, 0.29) is 5.56 Å². The molecule has 3 heteroatoms. The molecule has 3 heterocycles. The Morgan fingerprint density at radius 3 is 2.33 bits per heavy atom. The van der Waals surface area contributed by atoms with Crippen LogP contribution in [0.25, 0.3) is 11.1 Å². The van der Waals surface area contributed by atoms with Gasteiger partial charge in [0.25, 0.3) is 5.56 Å². The van der Waals surface area contributed by atoms with Crippen LogP contribution in [-0.2, 0) is 13.1 Å². The molecule has 3 nitrogen and oxygen atoms in total. The topological polar surface area (TPSA) is 25.2 Å². The molecule has 0 N–H and O–H groups in total. The van der Waals surface area contributed by atoms with E-state index in [9.17, 15) is 4.79 Å². The van der Waals surface area contributed by atoms with Crippen molar-refractivity contribution >= 4 is 0 Å². The third-order valence-corrected chi connectivity index (χ3v) is 6.00. The van der Waals surface area contributed by atoms with Crippen LogP contribution in [0.4, 0.5) is 0 Å². The smallest absolute Gasteiger partial charge is 0.250 e. The minimum Gasteiger partial charge on any atom is -0.311 e. The normalized spacial score (nSPS) is 21.6. The van der Waals surface area contributed by atoms with Gasteiger partial charge in [0.1, 0.15) is 0 Å². The van der Waals surface area contributed by atoms with E-state index in [2.05, 4.69) is 64.1 Å². The van der Waals surface area contributed by atoms with Crippen molar-refractivity contribution in [2.24, 2.45) is 5.92 Å². The molecule has 0 amide bonds. The summed E-state index contributed by atoms with van der Waals surface area (Å²) in [5.74, 6) is 0.981. The molecule has 2 bridgehead atoms. The van der Waals surface area contributed by atoms with Crippen LogP contribution < -0.4 is 5.56 Å². The van der Waals surface area contributed by atoms with E-state index in [1.54, 1.807) is 6.07 Å². The number of piperidine rings is 1. The summed E-state index contributed by atoms with van der Waals surface area (Å²) >= 11 is 0. The van der Waals surface area contributed by atoms with Gasteiger partial charge in [-0.25, -0.2) is 0 Å². The third-order valence-electron chi connectivity index (χ3n) is 6.00. The maximum Gasteiger partial charge on any atom is 0.250 e. The zero-order valence-corrected chi connectivity index (χ0v) is 15.4. The van der Waals surface area contributed by atoms with Crippen LogP contribution in [0.2, 0.25) is 0 Å². The number of fused-ring (bicyclic) bond motifs is 4. The monoisotopic (exact) mass is 356 g/mol. The second kappa shape index (κ2) is 6.82. The van der Waals surface area contributed by atoms with Gasteiger partial charge in [-0.3, -0.25) is 9.69 Å². The number of aromatic nitrogens is 1. The number of hydrogen-bond donors (Lipinski definition) is 0. The van der Waals surface area contributed by atoms with E-state index >= 15 is 0 Å². The maximum atomic E-state index is 12.6. The lowest BCUT2D eigenvalue weighted by Crippen LogP contribution is -2.47. The Balaban J connectivity index is 1.52. The molecule has 1 saturated heterocycles. The van der Waals surface area contributed by atoms with E-state index < -0.39 is 0 Å². The van der Waals surface area contributed by atoms with Crippen molar-refractivity contribution < 1.29 is 0 Å². The fraction of sp³-hybridized carbons (Fsp3) is 0.292. The van der Waals surface area contributed by atoms with Crippen molar-refractivity contribution in [3.8, 4) is 11.1 Å². The van der Waals surface area contributed by atoms with Gasteiger partial charge < -0.3 is 4.57 Å². The van der Waals surface area contributed by atoms with Gasteiger partial charge in [-0.15, -0.1) is 0 Å². The summed E-state index contributed by atoms with van der Waals surface area (Å²) in [6, 6.07) is 25.0. The van der Waals surface area contributed by atoms with Crippen LogP contribution in [0.15, 0.2) is 77.6 Å². The zero-order valence-electron chi connectivity index (χ0n) is 15.4. The summed E-state index contributed by atoms with van der Waals surface area (Å²) in [5.41, 5.74) is 5.19. The highest BCUT2D eigenvalue weighted by atomic mass is 16.1. The third kappa shape index (κ3) is 3.13. The van der Waals surface area contributed by atoms with Crippen molar-refractivity contribution in [2.75, 3.05) is 13.1 Å². The van der Waals surface area contributed by atoms with Crippen LogP contribution >= 0.6 is 0 Å². The molecule has 0 saturated carbocycles. The number of hydrogen-bond acceptors (Lipinski definition) is 2. The first-order valence-electron chi connectivity index (χ1n) is 9.83. The number of benzene rings is 2. The van der Waals surface area contributed by atoms with Crippen molar-refractivity contribution in [1.29, 1.82) is 0 Å². The first-order chi connectivity index (χ1) is 13.3. The van der Waals surface area contributed by atoms with E-state index in [0.717, 1.165) is 26.2 Å². The highest BCUT2D eigenvalue weighted by molar-refractivity contribution is 5.66. The molecule has 0 radical (unpaired) electrons. The van der Waals surface area contributed by atoms with Crippen LogP contribution in [0.3, 0.4) is 0 Å². The molecule has 1 aromatic heterocycles. The molecular formula is C24H24N2O. The first kappa shape index (κ1) is 16.5. The minimum atomic E-state index is 0.149. The zero-order chi connectivity index (χ0) is 18.2. The molecule has 1 fully saturated rings. The van der Waals surface area contributed by atoms with Gasteiger partial charge in [-0.1, -0.05) is 60.7 Å². The standard InChI is InChI=1S/C24H24N2O/c27-23-12-11-22(20-9-5-2-6-10-20)24-21-13-19(16-26(23)24)15-25(17-21)14-18-7-3-1-4-8-18/h1-12,19,21H,13-17H2. The molecule has 27 heavy (non-hydrogen) atoms. The van der Waals surface area contributed by atoms with Gasteiger partial charge >= 0.3 is 0 Å². The molecule has 2 aliphatic rings. The number of rotatable bonds is 3. The van der Waals surface area contributed by atoms with Gasteiger partial charge in [0.05, 0.1) is 0 Å². The van der Waals surface area contributed by atoms with E-state index in [0.29, 0.717) is 11.8 Å². The second-order valence-electron chi connectivity index (χ2n) is 7.93. The quantitative estimate of drug-likeness (QED) is 0.705. The van der Waals surface area contributed by atoms with Gasteiger partial charge in [0, 0.05) is 49.4 Å². The molecule has 2 atom stereocenters. The molecule has 136 valence electrons. The average molecular weight is 356 g/mol. The van der Waals surface area contributed by atoms with Crippen molar-refractivity contribution in [1.82, 2.24) is 9.47 Å². The summed E-state index contributed by atoms with van der Waals surface area (Å²) in [5, 5.41) is 0. The fourth-order valence-electron chi connectivity index (χ4n) is 4.95. The van der Waals surface area contributed by atoms with E-state index in [4.69, 9.17) is 0 Å². The second-order valence-corrected chi connectivity index (χ2v) is 7.93. The minimum absolute atomic E-state index is 0.149. The Hall–Kier alpha value is -2.65. The Morgan fingerprint density at radius 1 is 0.815 bits per heavy atom. The average Bonchev–Trinajstić information content (AvgIpc) is 2.70. The van der Waals surface area contributed by atoms with Crippen LogP contribution in [0.5, 0.6) is 0 Å². The lowest BCUT2D eigenvalue weighted by Gasteiger charge is -2.43. The molecule has 0 spiro atoms. The fourth-order valence-corrected chi connectivity index (χ4v) is 4.95. The predicted molar refractivity (Wildman–Crippen MR) is 109 cm³/mol. The molecular weight excluding hydrogens is 332 g/mol. The summed E-state index contributed by atoms with van der Waals surface area (Å²) < 4.78 is 2.06.